The highest BCUT2D eigenvalue weighted by Crippen LogP contribution is 2.23. The Labute approximate surface area is 125 Å². The maximum absolute atomic E-state index is 13.1. The minimum Gasteiger partial charge on any atom is -0.306 e. The van der Waals surface area contributed by atoms with E-state index in [4.69, 9.17) is 11.6 Å². The van der Waals surface area contributed by atoms with Crippen LogP contribution in [-0.4, -0.2) is 0 Å². The second-order valence-corrected chi connectivity index (χ2v) is 5.63. The van der Waals surface area contributed by atoms with Crippen molar-refractivity contribution in [1.82, 2.24) is 5.32 Å². The van der Waals surface area contributed by atoms with E-state index in [0.717, 1.165) is 10.0 Å². The number of hydrogen-bond acceptors (Lipinski definition) is 1. The molecule has 2 aromatic carbocycles. The second-order valence-electron chi connectivity index (χ2n) is 4.37. The first-order valence-corrected chi connectivity index (χ1v) is 7.17. The van der Waals surface area contributed by atoms with Crippen LogP contribution in [0.2, 0.25) is 5.02 Å². The fraction of sp³-hybridized carbons (Fsp3) is 0.200. The van der Waals surface area contributed by atoms with Gasteiger partial charge in [0, 0.05) is 17.1 Å². The first-order chi connectivity index (χ1) is 9.08. The normalized spacial score (nSPS) is 12.4. The molecule has 0 heterocycles. The summed E-state index contributed by atoms with van der Waals surface area (Å²) in [6, 6.07) is 13.0. The molecule has 100 valence electrons. The lowest BCUT2D eigenvalue weighted by Crippen LogP contribution is -2.18. The van der Waals surface area contributed by atoms with Gasteiger partial charge in [0.2, 0.25) is 0 Å². The smallest absolute Gasteiger partial charge is 0.141 e. The van der Waals surface area contributed by atoms with Gasteiger partial charge in [-0.05, 0) is 36.2 Å². The Balaban J connectivity index is 2.02. The molecule has 0 amide bonds. The molecule has 0 fully saturated rings. The van der Waals surface area contributed by atoms with Crippen LogP contribution in [0.25, 0.3) is 0 Å². The Bertz CT molecular complexity index is 574. The van der Waals surface area contributed by atoms with Gasteiger partial charge in [0.25, 0.3) is 0 Å². The van der Waals surface area contributed by atoms with Crippen LogP contribution in [0.4, 0.5) is 4.39 Å². The first kappa shape index (κ1) is 14.5. The lowest BCUT2D eigenvalue weighted by atomic mass is 10.1. The van der Waals surface area contributed by atoms with Crippen LogP contribution in [0, 0.1) is 5.82 Å². The predicted octanol–water partition coefficient (Wildman–Crippen LogP) is 5.09. The minimum absolute atomic E-state index is 0.160. The molecule has 0 aliphatic carbocycles. The molecular weight excluding hydrogens is 329 g/mol. The Morgan fingerprint density at radius 2 is 2.00 bits per heavy atom. The largest absolute Gasteiger partial charge is 0.306 e. The molecule has 1 N–H and O–H groups in total. The van der Waals surface area contributed by atoms with Gasteiger partial charge in [-0.1, -0.05) is 51.8 Å². The molecular formula is C15H14BrClFN. The molecule has 0 saturated heterocycles. The molecule has 1 nitrogen and oxygen atoms in total. The molecule has 2 aromatic rings. The van der Waals surface area contributed by atoms with E-state index in [0.29, 0.717) is 6.54 Å². The Hall–Kier alpha value is -0.900. The number of halogens is 3. The number of hydrogen-bond donors (Lipinski definition) is 1. The molecule has 4 heteroatoms. The zero-order valence-corrected chi connectivity index (χ0v) is 12.8. The van der Waals surface area contributed by atoms with Crippen molar-refractivity contribution >= 4 is 27.5 Å². The van der Waals surface area contributed by atoms with Crippen LogP contribution in [0.3, 0.4) is 0 Å². The molecule has 19 heavy (non-hydrogen) atoms. The van der Waals surface area contributed by atoms with Gasteiger partial charge in [-0.25, -0.2) is 4.39 Å². The minimum atomic E-state index is -0.385. The SMILES string of the molecule is C[C@@H](NCc1ccc(F)c(Cl)c1)c1ccccc1Br. The third kappa shape index (κ3) is 3.78. The van der Waals surface area contributed by atoms with Crippen molar-refractivity contribution in [2.45, 2.75) is 19.5 Å². The zero-order valence-electron chi connectivity index (χ0n) is 10.5. The summed E-state index contributed by atoms with van der Waals surface area (Å²) >= 11 is 9.29. The summed E-state index contributed by atoms with van der Waals surface area (Å²) in [5.74, 6) is -0.385. The van der Waals surface area contributed by atoms with Crippen molar-refractivity contribution in [3.8, 4) is 0 Å². The van der Waals surface area contributed by atoms with Crippen LogP contribution in [-0.2, 0) is 6.54 Å². The molecule has 0 unspecified atom stereocenters. The molecule has 2 rings (SSSR count). The van der Waals surface area contributed by atoms with E-state index in [2.05, 4.69) is 34.2 Å². The standard InChI is InChI=1S/C15H14BrClFN/c1-10(12-4-2-3-5-13(12)16)19-9-11-6-7-15(18)14(17)8-11/h2-8,10,19H,9H2,1H3/t10-/m1/s1. The van der Waals surface area contributed by atoms with E-state index >= 15 is 0 Å². The molecule has 0 aromatic heterocycles. The highest BCUT2D eigenvalue weighted by molar-refractivity contribution is 9.10. The molecule has 0 saturated carbocycles. The van der Waals surface area contributed by atoms with Crippen LogP contribution >= 0.6 is 27.5 Å². The van der Waals surface area contributed by atoms with Gasteiger partial charge >= 0.3 is 0 Å². The predicted molar refractivity (Wildman–Crippen MR) is 80.8 cm³/mol. The van der Waals surface area contributed by atoms with E-state index in [1.54, 1.807) is 12.1 Å². The summed E-state index contributed by atoms with van der Waals surface area (Å²) in [5, 5.41) is 3.55. The summed E-state index contributed by atoms with van der Waals surface area (Å²) in [4.78, 5) is 0. The summed E-state index contributed by atoms with van der Waals surface area (Å²) in [6.07, 6.45) is 0. The maximum atomic E-state index is 13.1. The Morgan fingerprint density at radius 3 is 2.68 bits per heavy atom. The van der Waals surface area contributed by atoms with Crippen LogP contribution in [0.15, 0.2) is 46.9 Å². The van der Waals surface area contributed by atoms with Crippen LogP contribution in [0.1, 0.15) is 24.1 Å². The number of benzene rings is 2. The molecule has 0 bridgehead atoms. The van der Waals surface area contributed by atoms with Crippen molar-refractivity contribution in [3.05, 3.63) is 68.9 Å². The highest BCUT2D eigenvalue weighted by Gasteiger charge is 2.08. The summed E-state index contributed by atoms with van der Waals surface area (Å²) in [7, 11) is 0. The third-order valence-electron chi connectivity index (χ3n) is 2.97. The van der Waals surface area contributed by atoms with Gasteiger partial charge in [0.05, 0.1) is 5.02 Å². The summed E-state index contributed by atoms with van der Waals surface area (Å²) in [6.45, 7) is 2.73. The van der Waals surface area contributed by atoms with Crippen molar-refractivity contribution in [3.63, 3.8) is 0 Å². The average Bonchev–Trinajstić information content (AvgIpc) is 2.40. The molecule has 1 atom stereocenters. The highest BCUT2D eigenvalue weighted by atomic mass is 79.9. The quantitative estimate of drug-likeness (QED) is 0.816. The van der Waals surface area contributed by atoms with Crippen molar-refractivity contribution in [2.75, 3.05) is 0 Å². The van der Waals surface area contributed by atoms with E-state index in [-0.39, 0.29) is 16.9 Å². The average molecular weight is 343 g/mol. The Kier molecular flexibility index (Phi) is 4.97. The van der Waals surface area contributed by atoms with Crippen LogP contribution < -0.4 is 5.32 Å². The fourth-order valence-electron chi connectivity index (χ4n) is 1.86. The van der Waals surface area contributed by atoms with E-state index < -0.39 is 0 Å². The Morgan fingerprint density at radius 1 is 1.26 bits per heavy atom. The number of rotatable bonds is 4. The monoisotopic (exact) mass is 341 g/mol. The lowest BCUT2D eigenvalue weighted by Gasteiger charge is -2.16. The van der Waals surface area contributed by atoms with Gasteiger partial charge in [0.1, 0.15) is 5.82 Å². The summed E-state index contributed by atoms with van der Waals surface area (Å²) in [5.41, 5.74) is 2.15. The first-order valence-electron chi connectivity index (χ1n) is 5.99. The van der Waals surface area contributed by atoms with Gasteiger partial charge in [-0.3, -0.25) is 0 Å². The summed E-state index contributed by atoms with van der Waals surface area (Å²) < 4.78 is 14.1. The van der Waals surface area contributed by atoms with E-state index in [9.17, 15) is 4.39 Å². The van der Waals surface area contributed by atoms with Gasteiger partial charge in [-0.15, -0.1) is 0 Å². The van der Waals surface area contributed by atoms with Gasteiger partial charge in [-0.2, -0.15) is 0 Å². The van der Waals surface area contributed by atoms with Crippen molar-refractivity contribution < 1.29 is 4.39 Å². The van der Waals surface area contributed by atoms with Gasteiger partial charge in [0.15, 0.2) is 0 Å². The van der Waals surface area contributed by atoms with E-state index in [1.807, 2.05) is 18.2 Å². The zero-order chi connectivity index (χ0) is 13.8. The fourth-order valence-corrected chi connectivity index (χ4v) is 2.69. The number of nitrogens with one attached hydrogen (secondary N) is 1. The van der Waals surface area contributed by atoms with Crippen molar-refractivity contribution in [2.24, 2.45) is 0 Å². The molecule has 0 aliphatic rings. The lowest BCUT2D eigenvalue weighted by molar-refractivity contribution is 0.571. The maximum Gasteiger partial charge on any atom is 0.141 e. The molecule has 0 radical (unpaired) electrons. The topological polar surface area (TPSA) is 12.0 Å². The second kappa shape index (κ2) is 6.51. The van der Waals surface area contributed by atoms with E-state index in [1.165, 1.54) is 11.6 Å². The van der Waals surface area contributed by atoms with Gasteiger partial charge < -0.3 is 5.32 Å². The van der Waals surface area contributed by atoms with Crippen molar-refractivity contribution in [1.29, 1.82) is 0 Å². The molecule has 0 spiro atoms. The molecule has 0 aliphatic heterocycles. The van der Waals surface area contributed by atoms with Crippen LogP contribution in [0.5, 0.6) is 0 Å². The third-order valence-corrected chi connectivity index (χ3v) is 3.98.